The first-order valence-corrected chi connectivity index (χ1v) is 7.51. The lowest BCUT2D eigenvalue weighted by Crippen LogP contribution is -2.29. The Balaban J connectivity index is 2.23. The molecule has 1 heterocycles. The van der Waals surface area contributed by atoms with Crippen molar-refractivity contribution in [3.05, 3.63) is 22.4 Å². The summed E-state index contributed by atoms with van der Waals surface area (Å²) in [7, 11) is 4.00. The standard InChI is InChI=1S/C14H24BrN3O/c1-11(2)17(3)8-6-5-7-16-14(19)13-9-12(15)10-18(13)4/h9-11H,5-8H2,1-4H3,(H,16,19). The Labute approximate surface area is 124 Å². The van der Waals surface area contributed by atoms with Gasteiger partial charge in [-0.1, -0.05) is 0 Å². The number of aryl methyl sites for hydroxylation is 1. The van der Waals surface area contributed by atoms with E-state index in [-0.39, 0.29) is 5.91 Å². The van der Waals surface area contributed by atoms with Gasteiger partial charge in [-0.2, -0.15) is 0 Å². The minimum absolute atomic E-state index is 0.00888. The van der Waals surface area contributed by atoms with Gasteiger partial charge in [0.1, 0.15) is 5.69 Å². The fourth-order valence-corrected chi connectivity index (χ4v) is 2.31. The second-order valence-corrected chi connectivity index (χ2v) is 6.11. The van der Waals surface area contributed by atoms with Crippen molar-refractivity contribution in [2.45, 2.75) is 32.7 Å². The number of hydrogen-bond acceptors (Lipinski definition) is 2. The van der Waals surface area contributed by atoms with Gasteiger partial charge in [-0.3, -0.25) is 4.79 Å². The third-order valence-electron chi connectivity index (χ3n) is 3.31. The van der Waals surface area contributed by atoms with Crippen LogP contribution in [0.25, 0.3) is 0 Å². The van der Waals surface area contributed by atoms with Crippen LogP contribution in [0.1, 0.15) is 37.2 Å². The minimum atomic E-state index is -0.00888. The topological polar surface area (TPSA) is 37.3 Å². The maximum absolute atomic E-state index is 11.9. The number of amides is 1. The van der Waals surface area contributed by atoms with Crippen molar-refractivity contribution >= 4 is 21.8 Å². The summed E-state index contributed by atoms with van der Waals surface area (Å²) in [6, 6.07) is 2.41. The van der Waals surface area contributed by atoms with Crippen molar-refractivity contribution in [2.75, 3.05) is 20.1 Å². The van der Waals surface area contributed by atoms with Gasteiger partial charge in [0.25, 0.3) is 5.91 Å². The number of nitrogens with zero attached hydrogens (tertiary/aromatic N) is 2. The molecule has 0 fully saturated rings. The molecule has 19 heavy (non-hydrogen) atoms. The molecule has 0 aliphatic heterocycles. The van der Waals surface area contributed by atoms with E-state index in [2.05, 4.69) is 47.0 Å². The number of carbonyl (C=O) groups excluding carboxylic acids is 1. The van der Waals surface area contributed by atoms with Gasteiger partial charge < -0.3 is 14.8 Å². The lowest BCUT2D eigenvalue weighted by atomic mass is 10.2. The molecule has 108 valence electrons. The van der Waals surface area contributed by atoms with Crippen LogP contribution in [-0.4, -0.2) is 41.6 Å². The summed E-state index contributed by atoms with van der Waals surface area (Å²) < 4.78 is 2.75. The molecule has 1 aromatic rings. The van der Waals surface area contributed by atoms with Crippen LogP contribution in [0.4, 0.5) is 0 Å². The van der Waals surface area contributed by atoms with Crippen LogP contribution in [0.5, 0.6) is 0 Å². The zero-order valence-corrected chi connectivity index (χ0v) is 13.8. The highest BCUT2D eigenvalue weighted by molar-refractivity contribution is 9.10. The Kier molecular flexibility index (Phi) is 6.58. The minimum Gasteiger partial charge on any atom is -0.351 e. The molecule has 0 saturated carbocycles. The number of hydrogen-bond donors (Lipinski definition) is 1. The van der Waals surface area contributed by atoms with E-state index in [1.165, 1.54) is 0 Å². The Hall–Kier alpha value is -0.810. The number of aromatic nitrogens is 1. The van der Waals surface area contributed by atoms with E-state index in [0.29, 0.717) is 11.7 Å². The maximum Gasteiger partial charge on any atom is 0.267 e. The van der Waals surface area contributed by atoms with E-state index in [1.54, 1.807) is 0 Å². The number of carbonyl (C=O) groups is 1. The molecule has 4 nitrogen and oxygen atoms in total. The average molecular weight is 330 g/mol. The molecule has 0 aliphatic carbocycles. The van der Waals surface area contributed by atoms with Gasteiger partial charge in [-0.15, -0.1) is 0 Å². The first-order valence-electron chi connectivity index (χ1n) is 6.72. The van der Waals surface area contributed by atoms with Gasteiger partial charge in [0, 0.05) is 30.3 Å². The van der Waals surface area contributed by atoms with Crippen LogP contribution in [-0.2, 0) is 7.05 Å². The highest BCUT2D eigenvalue weighted by atomic mass is 79.9. The predicted octanol–water partition coefficient (Wildman–Crippen LogP) is 2.64. The van der Waals surface area contributed by atoms with E-state index in [1.807, 2.05) is 23.9 Å². The first-order chi connectivity index (χ1) is 8.91. The van der Waals surface area contributed by atoms with Crippen molar-refractivity contribution < 1.29 is 4.79 Å². The monoisotopic (exact) mass is 329 g/mol. The third kappa shape index (κ3) is 5.37. The molecule has 0 aromatic carbocycles. The van der Waals surface area contributed by atoms with Crippen molar-refractivity contribution in [1.82, 2.24) is 14.8 Å². The number of rotatable bonds is 7. The number of unbranched alkanes of at least 4 members (excludes halogenated alkanes) is 1. The number of halogens is 1. The van der Waals surface area contributed by atoms with Crippen molar-refractivity contribution in [3.8, 4) is 0 Å². The molecule has 0 spiro atoms. The molecule has 1 rings (SSSR count). The lowest BCUT2D eigenvalue weighted by molar-refractivity contribution is 0.0944. The first kappa shape index (κ1) is 16.2. The summed E-state index contributed by atoms with van der Waals surface area (Å²) in [5, 5.41) is 2.96. The number of nitrogens with one attached hydrogen (secondary N) is 1. The lowest BCUT2D eigenvalue weighted by Gasteiger charge is -2.20. The highest BCUT2D eigenvalue weighted by Crippen LogP contribution is 2.13. The normalized spacial score (nSPS) is 11.3. The smallest absolute Gasteiger partial charge is 0.267 e. The Morgan fingerprint density at radius 1 is 1.47 bits per heavy atom. The van der Waals surface area contributed by atoms with Crippen LogP contribution in [0.2, 0.25) is 0 Å². The average Bonchev–Trinajstić information content (AvgIpc) is 2.67. The molecular formula is C14H24BrN3O. The van der Waals surface area contributed by atoms with Crippen molar-refractivity contribution in [2.24, 2.45) is 7.05 Å². The zero-order chi connectivity index (χ0) is 14.4. The summed E-state index contributed by atoms with van der Waals surface area (Å²) in [5.74, 6) is -0.00888. The predicted molar refractivity (Wildman–Crippen MR) is 82.4 cm³/mol. The van der Waals surface area contributed by atoms with Crippen LogP contribution < -0.4 is 5.32 Å². The summed E-state index contributed by atoms with van der Waals surface area (Å²) in [4.78, 5) is 14.2. The quantitative estimate of drug-likeness (QED) is 0.781. The maximum atomic E-state index is 11.9. The van der Waals surface area contributed by atoms with E-state index >= 15 is 0 Å². The van der Waals surface area contributed by atoms with Gasteiger partial charge in [0.15, 0.2) is 0 Å². The van der Waals surface area contributed by atoms with Crippen LogP contribution in [0.15, 0.2) is 16.7 Å². The van der Waals surface area contributed by atoms with E-state index in [4.69, 9.17) is 0 Å². The van der Waals surface area contributed by atoms with Crippen molar-refractivity contribution in [3.63, 3.8) is 0 Å². The highest BCUT2D eigenvalue weighted by Gasteiger charge is 2.10. The summed E-state index contributed by atoms with van der Waals surface area (Å²) in [6.45, 7) is 6.18. The third-order valence-corrected chi connectivity index (χ3v) is 3.74. The molecule has 0 aliphatic rings. The molecule has 0 atom stereocenters. The Morgan fingerprint density at radius 2 is 2.16 bits per heavy atom. The Bertz CT molecular complexity index is 415. The summed E-state index contributed by atoms with van der Waals surface area (Å²) in [6.07, 6.45) is 3.99. The van der Waals surface area contributed by atoms with Gasteiger partial charge in [-0.05, 0) is 62.3 Å². The molecule has 0 unspecified atom stereocenters. The molecule has 0 radical (unpaired) electrons. The molecule has 0 saturated heterocycles. The molecule has 1 aromatic heterocycles. The van der Waals surface area contributed by atoms with Gasteiger partial charge in [0.2, 0.25) is 0 Å². The molecule has 5 heteroatoms. The largest absolute Gasteiger partial charge is 0.351 e. The summed E-state index contributed by atoms with van der Waals surface area (Å²) >= 11 is 3.37. The van der Waals surface area contributed by atoms with E-state index in [9.17, 15) is 4.79 Å². The molecular weight excluding hydrogens is 306 g/mol. The van der Waals surface area contributed by atoms with Crippen molar-refractivity contribution in [1.29, 1.82) is 0 Å². The van der Waals surface area contributed by atoms with Crippen LogP contribution in [0.3, 0.4) is 0 Å². The zero-order valence-electron chi connectivity index (χ0n) is 12.2. The Morgan fingerprint density at radius 3 is 2.68 bits per heavy atom. The van der Waals surface area contributed by atoms with Gasteiger partial charge in [-0.25, -0.2) is 0 Å². The van der Waals surface area contributed by atoms with Crippen LogP contribution >= 0.6 is 15.9 Å². The van der Waals surface area contributed by atoms with E-state index in [0.717, 1.165) is 30.4 Å². The molecule has 0 bridgehead atoms. The second kappa shape index (κ2) is 7.70. The van der Waals surface area contributed by atoms with Gasteiger partial charge >= 0.3 is 0 Å². The molecule has 1 amide bonds. The van der Waals surface area contributed by atoms with Crippen LogP contribution in [0, 0.1) is 0 Å². The fourth-order valence-electron chi connectivity index (χ4n) is 1.79. The fraction of sp³-hybridized carbons (Fsp3) is 0.643. The van der Waals surface area contributed by atoms with E-state index < -0.39 is 0 Å². The summed E-state index contributed by atoms with van der Waals surface area (Å²) in [5.41, 5.74) is 0.686. The second-order valence-electron chi connectivity index (χ2n) is 5.19. The molecule has 1 N–H and O–H groups in total. The SMILES string of the molecule is CC(C)N(C)CCCCNC(=O)c1cc(Br)cn1C. The van der Waals surface area contributed by atoms with Gasteiger partial charge in [0.05, 0.1) is 0 Å².